The number of allylic oxidation sites excluding steroid dienone is 1. The molecule has 0 saturated heterocycles. The van der Waals surface area contributed by atoms with Gasteiger partial charge in [-0.05, 0) is 31.4 Å². The van der Waals surface area contributed by atoms with Gasteiger partial charge in [-0.3, -0.25) is 10.1 Å². The Labute approximate surface area is 117 Å². The van der Waals surface area contributed by atoms with Crippen LogP contribution in [-0.4, -0.2) is 25.6 Å². The number of nitrogens with zero attached hydrogens (tertiary/aromatic N) is 1. The first-order valence-electron chi connectivity index (χ1n) is 6.30. The van der Waals surface area contributed by atoms with Gasteiger partial charge in [0.15, 0.2) is 9.84 Å². The van der Waals surface area contributed by atoms with Crippen molar-refractivity contribution in [3.8, 4) is 0 Å². The molecule has 0 amide bonds. The van der Waals surface area contributed by atoms with Gasteiger partial charge in [-0.2, -0.15) is 0 Å². The molecule has 20 heavy (non-hydrogen) atoms. The molecule has 1 unspecified atom stereocenters. The number of rotatable bonds is 4. The van der Waals surface area contributed by atoms with Crippen molar-refractivity contribution < 1.29 is 13.3 Å². The van der Waals surface area contributed by atoms with E-state index in [1.807, 2.05) is 12.2 Å². The predicted molar refractivity (Wildman–Crippen MR) is 76.6 cm³/mol. The van der Waals surface area contributed by atoms with E-state index < -0.39 is 14.8 Å². The van der Waals surface area contributed by atoms with Crippen molar-refractivity contribution in [2.75, 3.05) is 11.6 Å². The molecule has 0 spiro atoms. The highest BCUT2D eigenvalue weighted by Gasteiger charge is 2.26. The quantitative estimate of drug-likeness (QED) is 0.524. The third kappa shape index (κ3) is 3.16. The molecule has 0 aromatic heterocycles. The zero-order valence-electron chi connectivity index (χ0n) is 11.1. The zero-order valence-corrected chi connectivity index (χ0v) is 11.9. The van der Waals surface area contributed by atoms with E-state index in [-0.39, 0.29) is 22.3 Å². The van der Waals surface area contributed by atoms with Gasteiger partial charge in [0.2, 0.25) is 0 Å². The molecule has 0 fully saturated rings. The lowest BCUT2D eigenvalue weighted by atomic mass is 10.0. The van der Waals surface area contributed by atoms with Crippen LogP contribution < -0.4 is 5.32 Å². The highest BCUT2D eigenvalue weighted by Crippen LogP contribution is 2.33. The van der Waals surface area contributed by atoms with Crippen LogP contribution in [0.1, 0.15) is 19.3 Å². The maximum Gasteiger partial charge on any atom is 0.310 e. The number of anilines is 1. The molecule has 1 atom stereocenters. The minimum absolute atomic E-state index is 0.00254. The standard InChI is InChI=1S/C13H16N2O4S/c1-20(18,19)12-9-5-8-11(13(12)15(16)17)14-10-6-3-2-4-7-10/h3,5-6,8-10,14H,2,4,7H2,1H3. The van der Waals surface area contributed by atoms with Crippen LogP contribution in [-0.2, 0) is 9.84 Å². The summed E-state index contributed by atoms with van der Waals surface area (Å²) in [6.07, 6.45) is 7.83. The molecule has 7 heteroatoms. The van der Waals surface area contributed by atoms with E-state index in [0.29, 0.717) is 0 Å². The molecule has 0 aliphatic heterocycles. The number of para-hydroxylation sites is 1. The van der Waals surface area contributed by atoms with Crippen molar-refractivity contribution in [3.05, 3.63) is 40.5 Å². The largest absolute Gasteiger partial charge is 0.373 e. The molecule has 0 radical (unpaired) electrons. The van der Waals surface area contributed by atoms with Gasteiger partial charge in [0.1, 0.15) is 10.6 Å². The fourth-order valence-electron chi connectivity index (χ4n) is 2.26. The number of benzene rings is 1. The zero-order chi connectivity index (χ0) is 14.8. The lowest BCUT2D eigenvalue weighted by molar-refractivity contribution is -0.386. The summed E-state index contributed by atoms with van der Waals surface area (Å²) >= 11 is 0. The monoisotopic (exact) mass is 296 g/mol. The lowest BCUT2D eigenvalue weighted by Crippen LogP contribution is -2.19. The van der Waals surface area contributed by atoms with E-state index in [1.165, 1.54) is 18.2 Å². The molecular formula is C13H16N2O4S. The molecule has 0 bridgehead atoms. The summed E-state index contributed by atoms with van der Waals surface area (Å²) in [6.45, 7) is 0. The second-order valence-electron chi connectivity index (χ2n) is 4.79. The maximum absolute atomic E-state index is 11.7. The summed E-state index contributed by atoms with van der Waals surface area (Å²) in [5.41, 5.74) is -0.136. The summed E-state index contributed by atoms with van der Waals surface area (Å²) in [4.78, 5) is 10.3. The minimum Gasteiger partial charge on any atom is -0.373 e. The van der Waals surface area contributed by atoms with Gasteiger partial charge < -0.3 is 5.32 Å². The number of hydrogen-bond acceptors (Lipinski definition) is 5. The normalized spacial score (nSPS) is 18.8. The number of sulfone groups is 1. The smallest absolute Gasteiger partial charge is 0.310 e. The SMILES string of the molecule is CS(=O)(=O)c1cccc(NC2C=CCCC2)c1[N+](=O)[O-]. The van der Waals surface area contributed by atoms with Crippen molar-refractivity contribution >= 4 is 21.2 Å². The van der Waals surface area contributed by atoms with Crippen molar-refractivity contribution in [1.29, 1.82) is 0 Å². The van der Waals surface area contributed by atoms with Crippen molar-refractivity contribution in [1.82, 2.24) is 0 Å². The lowest BCUT2D eigenvalue weighted by Gasteiger charge is -2.19. The third-order valence-electron chi connectivity index (χ3n) is 3.18. The molecule has 0 heterocycles. The minimum atomic E-state index is -3.64. The van der Waals surface area contributed by atoms with Crippen LogP contribution in [0.4, 0.5) is 11.4 Å². The summed E-state index contributed by atoms with van der Waals surface area (Å²) in [7, 11) is -3.64. The summed E-state index contributed by atoms with van der Waals surface area (Å²) in [6, 6.07) is 4.31. The van der Waals surface area contributed by atoms with E-state index in [1.54, 1.807) is 0 Å². The van der Waals surface area contributed by atoms with Crippen molar-refractivity contribution in [2.45, 2.75) is 30.2 Å². The van der Waals surface area contributed by atoms with Crippen LogP contribution in [0.3, 0.4) is 0 Å². The van der Waals surface area contributed by atoms with Crippen LogP contribution in [0, 0.1) is 10.1 Å². The average molecular weight is 296 g/mol. The summed E-state index contributed by atoms with van der Waals surface area (Å²) < 4.78 is 23.3. The molecule has 1 aliphatic rings. The highest BCUT2D eigenvalue weighted by molar-refractivity contribution is 7.90. The molecule has 1 N–H and O–H groups in total. The summed E-state index contributed by atoms with van der Waals surface area (Å²) in [5, 5.41) is 14.3. The van der Waals surface area contributed by atoms with Crippen molar-refractivity contribution in [2.24, 2.45) is 0 Å². The van der Waals surface area contributed by atoms with Crippen LogP contribution in [0.2, 0.25) is 0 Å². The molecule has 1 aliphatic carbocycles. The van der Waals surface area contributed by atoms with Crippen molar-refractivity contribution in [3.63, 3.8) is 0 Å². The number of hydrogen-bond donors (Lipinski definition) is 1. The summed E-state index contributed by atoms with van der Waals surface area (Å²) in [5.74, 6) is 0. The Bertz CT molecular complexity index is 652. The first-order chi connectivity index (χ1) is 9.39. The number of nitro benzene ring substituents is 1. The molecule has 1 aromatic carbocycles. The predicted octanol–water partition coefficient (Wildman–Crippen LogP) is 2.52. The van der Waals surface area contributed by atoms with Gasteiger partial charge >= 0.3 is 5.69 Å². The van der Waals surface area contributed by atoms with Crippen LogP contribution in [0.5, 0.6) is 0 Å². The number of nitro groups is 1. The first-order valence-corrected chi connectivity index (χ1v) is 8.19. The fourth-order valence-corrected chi connectivity index (χ4v) is 3.12. The van der Waals surface area contributed by atoms with Crippen LogP contribution in [0.25, 0.3) is 0 Å². The maximum atomic E-state index is 11.7. The Morgan fingerprint density at radius 2 is 2.15 bits per heavy atom. The molecule has 108 valence electrons. The molecular weight excluding hydrogens is 280 g/mol. The second-order valence-corrected chi connectivity index (χ2v) is 6.78. The fraction of sp³-hybridized carbons (Fsp3) is 0.385. The Morgan fingerprint density at radius 3 is 2.70 bits per heavy atom. The third-order valence-corrected chi connectivity index (χ3v) is 4.30. The van der Waals surface area contributed by atoms with E-state index >= 15 is 0 Å². The van der Waals surface area contributed by atoms with Gasteiger partial charge in [-0.15, -0.1) is 0 Å². The van der Waals surface area contributed by atoms with Gasteiger partial charge in [0.05, 0.1) is 4.92 Å². The Kier molecular flexibility index (Phi) is 4.08. The Balaban J connectivity index is 2.45. The Morgan fingerprint density at radius 1 is 1.40 bits per heavy atom. The van der Waals surface area contributed by atoms with Crippen LogP contribution >= 0.6 is 0 Å². The van der Waals surface area contributed by atoms with Gasteiger partial charge in [-0.1, -0.05) is 18.2 Å². The topological polar surface area (TPSA) is 89.3 Å². The van der Waals surface area contributed by atoms with Gasteiger partial charge in [0, 0.05) is 12.3 Å². The molecule has 6 nitrogen and oxygen atoms in total. The number of nitrogens with one attached hydrogen (secondary N) is 1. The van der Waals surface area contributed by atoms with E-state index in [2.05, 4.69) is 5.32 Å². The van der Waals surface area contributed by atoms with Crippen LogP contribution in [0.15, 0.2) is 35.2 Å². The average Bonchev–Trinajstić information content (AvgIpc) is 2.38. The molecule has 0 saturated carbocycles. The van der Waals surface area contributed by atoms with Gasteiger partial charge in [0.25, 0.3) is 0 Å². The first kappa shape index (κ1) is 14.5. The van der Waals surface area contributed by atoms with E-state index in [9.17, 15) is 18.5 Å². The Hall–Kier alpha value is -1.89. The molecule has 2 rings (SSSR count). The second kappa shape index (κ2) is 5.62. The molecule has 1 aromatic rings. The van der Waals surface area contributed by atoms with E-state index in [4.69, 9.17) is 0 Å². The highest BCUT2D eigenvalue weighted by atomic mass is 32.2. The van der Waals surface area contributed by atoms with E-state index in [0.717, 1.165) is 25.5 Å². The van der Waals surface area contributed by atoms with Gasteiger partial charge in [-0.25, -0.2) is 8.42 Å².